The van der Waals surface area contributed by atoms with E-state index < -0.39 is 0 Å². The van der Waals surface area contributed by atoms with Gasteiger partial charge in [-0.1, -0.05) is 6.07 Å². The number of nitrogens with two attached hydrogens (primary N) is 1. The highest BCUT2D eigenvalue weighted by Crippen LogP contribution is 2.35. The van der Waals surface area contributed by atoms with Crippen LogP contribution in [0.5, 0.6) is 5.75 Å². The summed E-state index contributed by atoms with van der Waals surface area (Å²) in [5, 5.41) is 0. The second-order valence-electron chi connectivity index (χ2n) is 5.08. The third-order valence-corrected chi connectivity index (χ3v) is 3.66. The van der Waals surface area contributed by atoms with Crippen molar-refractivity contribution < 1.29 is 4.74 Å². The number of likely N-dealkylation sites (tertiary alicyclic amines) is 1. The first-order valence-corrected chi connectivity index (χ1v) is 6.20. The quantitative estimate of drug-likeness (QED) is 0.869. The Kier molecular flexibility index (Phi) is 3.69. The highest BCUT2D eigenvalue weighted by atomic mass is 16.5. The molecule has 0 aromatic heterocycles. The zero-order chi connectivity index (χ0) is 12.4. The van der Waals surface area contributed by atoms with E-state index in [9.17, 15) is 0 Å². The molecule has 2 N–H and O–H groups in total. The van der Waals surface area contributed by atoms with Gasteiger partial charge in [-0.3, -0.25) is 4.90 Å². The Labute approximate surface area is 104 Å². The molecule has 2 rings (SSSR count). The van der Waals surface area contributed by atoms with Crippen LogP contribution < -0.4 is 10.5 Å². The zero-order valence-electron chi connectivity index (χ0n) is 10.9. The predicted octanol–water partition coefficient (Wildman–Crippen LogP) is 1.96. The molecule has 2 unspecified atom stereocenters. The number of aryl methyl sites for hydroxylation is 1. The smallest absolute Gasteiger partial charge is 0.119 e. The number of methoxy groups -OCH3 is 1. The molecule has 1 aromatic rings. The minimum absolute atomic E-state index is 0.484. The maximum Gasteiger partial charge on any atom is 0.119 e. The minimum Gasteiger partial charge on any atom is -0.497 e. The molecule has 1 aliphatic rings. The first-order valence-electron chi connectivity index (χ1n) is 6.20. The molecule has 1 aliphatic heterocycles. The normalized spacial score (nSPS) is 25.2. The maximum atomic E-state index is 5.77. The molecule has 0 saturated carbocycles. The molecule has 94 valence electrons. The number of ether oxygens (including phenoxy) is 1. The Morgan fingerprint density at radius 3 is 2.76 bits per heavy atom. The maximum absolute atomic E-state index is 5.77. The Morgan fingerprint density at radius 2 is 2.18 bits per heavy atom. The van der Waals surface area contributed by atoms with Crippen molar-refractivity contribution in [1.29, 1.82) is 0 Å². The summed E-state index contributed by atoms with van der Waals surface area (Å²) in [6.07, 6.45) is 1.15. The van der Waals surface area contributed by atoms with Gasteiger partial charge in [0, 0.05) is 12.6 Å². The standard InChI is InChI=1S/C14H22N2O/c1-10-4-12(7-13(5-10)17-3)14-6-11(8-15)9-16(14)2/h4-5,7,11,14H,6,8-9,15H2,1-3H3. The summed E-state index contributed by atoms with van der Waals surface area (Å²) >= 11 is 0. The molecule has 17 heavy (non-hydrogen) atoms. The van der Waals surface area contributed by atoms with E-state index in [-0.39, 0.29) is 0 Å². The van der Waals surface area contributed by atoms with Crippen molar-refractivity contribution in [2.45, 2.75) is 19.4 Å². The first-order chi connectivity index (χ1) is 8.13. The fraction of sp³-hybridized carbons (Fsp3) is 0.571. The predicted molar refractivity (Wildman–Crippen MR) is 70.3 cm³/mol. The topological polar surface area (TPSA) is 38.5 Å². The molecule has 0 radical (unpaired) electrons. The van der Waals surface area contributed by atoms with Gasteiger partial charge in [-0.2, -0.15) is 0 Å². The third kappa shape index (κ3) is 2.61. The van der Waals surface area contributed by atoms with Crippen LogP contribution in [0.25, 0.3) is 0 Å². The minimum atomic E-state index is 0.484. The Bertz CT molecular complexity index is 392. The SMILES string of the molecule is COc1cc(C)cc(C2CC(CN)CN2C)c1. The highest BCUT2D eigenvalue weighted by molar-refractivity contribution is 5.36. The summed E-state index contributed by atoms with van der Waals surface area (Å²) in [5.74, 6) is 1.57. The van der Waals surface area contributed by atoms with E-state index in [0.29, 0.717) is 12.0 Å². The fourth-order valence-electron chi connectivity index (χ4n) is 2.75. The molecule has 0 amide bonds. The Balaban J connectivity index is 2.24. The van der Waals surface area contributed by atoms with E-state index in [2.05, 4.69) is 37.1 Å². The molecule has 1 fully saturated rings. The van der Waals surface area contributed by atoms with Crippen molar-refractivity contribution in [1.82, 2.24) is 4.90 Å². The molecule has 3 heteroatoms. The van der Waals surface area contributed by atoms with Crippen LogP contribution in [0.2, 0.25) is 0 Å². The molecule has 1 saturated heterocycles. The van der Waals surface area contributed by atoms with Gasteiger partial charge in [-0.15, -0.1) is 0 Å². The highest BCUT2D eigenvalue weighted by Gasteiger charge is 2.29. The van der Waals surface area contributed by atoms with Crippen molar-refractivity contribution in [3.05, 3.63) is 29.3 Å². The van der Waals surface area contributed by atoms with E-state index in [4.69, 9.17) is 10.5 Å². The van der Waals surface area contributed by atoms with E-state index in [1.54, 1.807) is 7.11 Å². The van der Waals surface area contributed by atoms with E-state index in [1.165, 1.54) is 11.1 Å². The van der Waals surface area contributed by atoms with Gasteiger partial charge in [0.2, 0.25) is 0 Å². The largest absolute Gasteiger partial charge is 0.497 e. The molecule has 3 nitrogen and oxygen atoms in total. The van der Waals surface area contributed by atoms with Gasteiger partial charge in [-0.05, 0) is 56.1 Å². The lowest BCUT2D eigenvalue weighted by molar-refractivity contribution is 0.312. The molecular weight excluding hydrogens is 212 g/mol. The third-order valence-electron chi connectivity index (χ3n) is 3.66. The summed E-state index contributed by atoms with van der Waals surface area (Å²) in [6.45, 7) is 3.99. The van der Waals surface area contributed by atoms with Gasteiger partial charge >= 0.3 is 0 Å². The molecule has 2 atom stereocenters. The lowest BCUT2D eigenvalue weighted by Crippen LogP contribution is -2.20. The van der Waals surface area contributed by atoms with Crippen LogP contribution in [0.1, 0.15) is 23.6 Å². The number of nitrogens with zero attached hydrogens (tertiary/aromatic N) is 1. The van der Waals surface area contributed by atoms with Crippen LogP contribution in [0.4, 0.5) is 0 Å². The van der Waals surface area contributed by atoms with Crippen molar-refractivity contribution in [2.24, 2.45) is 11.7 Å². The zero-order valence-corrected chi connectivity index (χ0v) is 10.9. The molecule has 0 aliphatic carbocycles. The molecule has 0 spiro atoms. The van der Waals surface area contributed by atoms with Crippen molar-refractivity contribution in [2.75, 3.05) is 27.2 Å². The monoisotopic (exact) mass is 234 g/mol. The van der Waals surface area contributed by atoms with Crippen LogP contribution in [-0.2, 0) is 0 Å². The van der Waals surface area contributed by atoms with Gasteiger partial charge in [0.15, 0.2) is 0 Å². The molecule has 0 bridgehead atoms. The van der Waals surface area contributed by atoms with Crippen LogP contribution in [0.15, 0.2) is 18.2 Å². The summed E-state index contributed by atoms with van der Waals surface area (Å²) in [4.78, 5) is 2.39. The lowest BCUT2D eigenvalue weighted by Gasteiger charge is -2.20. The second-order valence-corrected chi connectivity index (χ2v) is 5.08. The van der Waals surface area contributed by atoms with Crippen LogP contribution in [0.3, 0.4) is 0 Å². The average molecular weight is 234 g/mol. The average Bonchev–Trinajstić information content (AvgIpc) is 2.69. The van der Waals surface area contributed by atoms with Crippen LogP contribution in [-0.4, -0.2) is 32.1 Å². The number of hydrogen-bond donors (Lipinski definition) is 1. The number of benzene rings is 1. The molecule has 1 heterocycles. The molecular formula is C14H22N2O. The fourth-order valence-corrected chi connectivity index (χ4v) is 2.75. The first kappa shape index (κ1) is 12.4. The Hall–Kier alpha value is -1.06. The lowest BCUT2D eigenvalue weighted by atomic mass is 9.98. The number of rotatable bonds is 3. The summed E-state index contributed by atoms with van der Waals surface area (Å²) in [6, 6.07) is 6.95. The number of hydrogen-bond acceptors (Lipinski definition) is 3. The van der Waals surface area contributed by atoms with Crippen LogP contribution >= 0.6 is 0 Å². The van der Waals surface area contributed by atoms with Gasteiger partial charge in [0.1, 0.15) is 5.75 Å². The molecule has 1 aromatic carbocycles. The van der Waals surface area contributed by atoms with Crippen molar-refractivity contribution >= 4 is 0 Å². The summed E-state index contributed by atoms with van der Waals surface area (Å²) in [7, 11) is 3.90. The van der Waals surface area contributed by atoms with E-state index in [0.717, 1.165) is 25.3 Å². The van der Waals surface area contributed by atoms with Gasteiger partial charge in [-0.25, -0.2) is 0 Å². The summed E-state index contributed by atoms with van der Waals surface area (Å²) in [5.41, 5.74) is 8.37. The van der Waals surface area contributed by atoms with Gasteiger partial charge in [0.05, 0.1) is 7.11 Å². The van der Waals surface area contributed by atoms with Gasteiger partial charge < -0.3 is 10.5 Å². The second kappa shape index (κ2) is 5.07. The van der Waals surface area contributed by atoms with Crippen LogP contribution in [0, 0.1) is 12.8 Å². The summed E-state index contributed by atoms with van der Waals surface area (Å²) < 4.78 is 5.34. The van der Waals surface area contributed by atoms with Gasteiger partial charge in [0.25, 0.3) is 0 Å². The van der Waals surface area contributed by atoms with Crippen molar-refractivity contribution in [3.63, 3.8) is 0 Å². The van der Waals surface area contributed by atoms with E-state index in [1.807, 2.05) is 0 Å². The van der Waals surface area contributed by atoms with E-state index >= 15 is 0 Å². The van der Waals surface area contributed by atoms with Crippen molar-refractivity contribution in [3.8, 4) is 5.75 Å². The Morgan fingerprint density at radius 1 is 1.41 bits per heavy atom.